The van der Waals surface area contributed by atoms with Gasteiger partial charge in [-0.15, -0.1) is 0 Å². The van der Waals surface area contributed by atoms with Crippen molar-refractivity contribution in [3.63, 3.8) is 0 Å². The number of hydrogen-bond acceptors (Lipinski definition) is 5. The van der Waals surface area contributed by atoms with Crippen molar-refractivity contribution >= 4 is 29.7 Å². The lowest BCUT2D eigenvalue weighted by Gasteiger charge is -2.35. The average Bonchev–Trinajstić information content (AvgIpc) is 2.88. The largest absolute Gasteiger partial charge is 0.444 e. The topological polar surface area (TPSA) is 87.7 Å². The summed E-state index contributed by atoms with van der Waals surface area (Å²) >= 11 is 1.61. The number of hydrogen-bond donors (Lipinski definition) is 2. The molecular weight excluding hydrogens is 522 g/mol. The Balaban J connectivity index is 3.37. The number of ether oxygens (including phenoxy) is 1. The van der Waals surface area contributed by atoms with Gasteiger partial charge in [0.25, 0.3) is 0 Å². The number of amides is 3. The molecule has 1 aromatic carbocycles. The molecule has 3 amide bonds. The van der Waals surface area contributed by atoms with Crippen LogP contribution >= 0.6 is 11.8 Å². The van der Waals surface area contributed by atoms with Crippen molar-refractivity contribution in [2.75, 3.05) is 25.1 Å². The number of carbonyl (C=O) groups excluding carboxylic acids is 3. The Labute approximate surface area is 248 Å². The van der Waals surface area contributed by atoms with Crippen LogP contribution in [0.2, 0.25) is 0 Å². The van der Waals surface area contributed by atoms with E-state index in [1.165, 1.54) is 19.3 Å². The number of nitrogens with zero attached hydrogens (tertiary/aromatic N) is 1. The van der Waals surface area contributed by atoms with E-state index in [1.54, 1.807) is 37.4 Å². The zero-order valence-electron chi connectivity index (χ0n) is 26.1. The second-order valence-corrected chi connectivity index (χ2v) is 12.6. The van der Waals surface area contributed by atoms with Gasteiger partial charge in [0.05, 0.1) is 0 Å². The van der Waals surface area contributed by atoms with Gasteiger partial charge >= 0.3 is 6.09 Å². The third-order valence-electron chi connectivity index (χ3n) is 6.63. The van der Waals surface area contributed by atoms with E-state index in [2.05, 4.69) is 24.5 Å². The molecule has 0 saturated carbocycles. The van der Waals surface area contributed by atoms with Crippen LogP contribution in [-0.2, 0) is 14.3 Å². The van der Waals surface area contributed by atoms with Crippen molar-refractivity contribution in [2.24, 2.45) is 0 Å². The van der Waals surface area contributed by atoms with E-state index in [-0.39, 0.29) is 11.8 Å². The Morgan fingerprint density at radius 3 is 2.25 bits per heavy atom. The number of benzene rings is 1. The van der Waals surface area contributed by atoms with Crippen LogP contribution in [0.3, 0.4) is 0 Å². The fraction of sp³-hybridized carbons (Fsp3) is 0.719. The van der Waals surface area contributed by atoms with Crippen molar-refractivity contribution < 1.29 is 19.1 Å². The first-order valence-corrected chi connectivity index (χ1v) is 16.6. The minimum absolute atomic E-state index is 0.179. The normalized spacial score (nSPS) is 12.9. The summed E-state index contributed by atoms with van der Waals surface area (Å²) in [4.78, 5) is 42.5. The second kappa shape index (κ2) is 19.8. The number of aryl methyl sites for hydroxylation is 1. The predicted molar refractivity (Wildman–Crippen MR) is 168 cm³/mol. The Morgan fingerprint density at radius 1 is 0.975 bits per heavy atom. The molecule has 0 spiro atoms. The molecule has 0 saturated heterocycles. The molecule has 2 atom stereocenters. The summed E-state index contributed by atoms with van der Waals surface area (Å²) in [6, 6.07) is 6.26. The Hall–Kier alpha value is -2.22. The summed E-state index contributed by atoms with van der Waals surface area (Å²) in [5, 5.41) is 5.92. The third kappa shape index (κ3) is 14.4. The summed E-state index contributed by atoms with van der Waals surface area (Å²) in [5.74, 6) is 0.265. The molecule has 0 aliphatic heterocycles. The summed E-state index contributed by atoms with van der Waals surface area (Å²) in [6.45, 7) is 12.7. The van der Waals surface area contributed by atoms with Crippen molar-refractivity contribution in [3.05, 3.63) is 35.4 Å². The minimum atomic E-state index is -0.789. The number of alkyl carbamates (subject to hydrolysis) is 1. The molecule has 0 radical (unpaired) electrons. The van der Waals surface area contributed by atoms with E-state index in [4.69, 9.17) is 4.74 Å². The molecule has 0 bridgehead atoms. The summed E-state index contributed by atoms with van der Waals surface area (Å²) < 4.78 is 5.49. The molecule has 2 unspecified atom stereocenters. The number of rotatable bonds is 19. The van der Waals surface area contributed by atoms with Gasteiger partial charge < -0.3 is 20.3 Å². The Bertz CT molecular complexity index is 887. The minimum Gasteiger partial charge on any atom is -0.444 e. The van der Waals surface area contributed by atoms with Gasteiger partial charge in [0, 0.05) is 13.1 Å². The van der Waals surface area contributed by atoms with Gasteiger partial charge in [-0.05, 0) is 64.5 Å². The van der Waals surface area contributed by atoms with Crippen LogP contribution in [0.15, 0.2) is 24.3 Å². The molecule has 0 fully saturated rings. The number of nitrogens with one attached hydrogen (secondary N) is 2. The van der Waals surface area contributed by atoms with Gasteiger partial charge in [0.2, 0.25) is 11.8 Å². The first-order valence-electron chi connectivity index (χ1n) is 15.2. The zero-order chi connectivity index (χ0) is 30.0. The molecule has 8 heteroatoms. The van der Waals surface area contributed by atoms with Gasteiger partial charge in [-0.3, -0.25) is 9.59 Å². The predicted octanol–water partition coefficient (Wildman–Crippen LogP) is 7.18. The Kier molecular flexibility index (Phi) is 17.7. The van der Waals surface area contributed by atoms with E-state index >= 15 is 0 Å². The highest BCUT2D eigenvalue weighted by Gasteiger charge is 2.35. The fourth-order valence-corrected chi connectivity index (χ4v) is 5.04. The maximum atomic E-state index is 14.3. The van der Waals surface area contributed by atoms with Crippen LogP contribution in [0.1, 0.15) is 116 Å². The van der Waals surface area contributed by atoms with Gasteiger partial charge in [-0.2, -0.15) is 11.8 Å². The van der Waals surface area contributed by atoms with Crippen molar-refractivity contribution in [1.82, 2.24) is 15.5 Å². The van der Waals surface area contributed by atoms with Crippen LogP contribution in [0, 0.1) is 6.92 Å². The SMILES string of the molecule is CCCCCCCCN(C(=O)C(CCSC)NC(=O)OC(C)(C)C)C(C(=O)NCCCCC)c1cccc(C)c1. The van der Waals surface area contributed by atoms with E-state index in [9.17, 15) is 14.4 Å². The van der Waals surface area contributed by atoms with Gasteiger partial charge in [-0.1, -0.05) is 88.6 Å². The van der Waals surface area contributed by atoms with Crippen LogP contribution in [0.25, 0.3) is 0 Å². The highest BCUT2D eigenvalue weighted by molar-refractivity contribution is 7.98. The maximum absolute atomic E-state index is 14.3. The first kappa shape index (κ1) is 35.8. The molecule has 0 heterocycles. The Morgan fingerprint density at radius 2 is 1.62 bits per heavy atom. The quantitative estimate of drug-likeness (QED) is 0.170. The fourth-order valence-electron chi connectivity index (χ4n) is 4.57. The molecule has 1 rings (SSSR count). The summed E-state index contributed by atoms with van der Waals surface area (Å²) in [5.41, 5.74) is 1.13. The van der Waals surface area contributed by atoms with Crippen LogP contribution in [-0.4, -0.2) is 59.5 Å². The van der Waals surface area contributed by atoms with Crippen LogP contribution in [0.5, 0.6) is 0 Å². The second-order valence-electron chi connectivity index (χ2n) is 11.6. The van der Waals surface area contributed by atoms with Crippen molar-refractivity contribution in [2.45, 2.75) is 123 Å². The lowest BCUT2D eigenvalue weighted by atomic mass is 9.99. The maximum Gasteiger partial charge on any atom is 0.408 e. The van der Waals surface area contributed by atoms with Crippen LogP contribution in [0.4, 0.5) is 4.79 Å². The monoisotopic (exact) mass is 577 g/mol. The molecule has 2 N–H and O–H groups in total. The number of carbonyl (C=O) groups is 3. The molecule has 0 aromatic heterocycles. The van der Waals surface area contributed by atoms with Gasteiger partial charge in [0.1, 0.15) is 17.7 Å². The lowest BCUT2D eigenvalue weighted by molar-refractivity contribution is -0.142. The van der Waals surface area contributed by atoms with Crippen LogP contribution < -0.4 is 10.6 Å². The molecule has 0 aliphatic carbocycles. The van der Waals surface area contributed by atoms with Crippen molar-refractivity contribution in [1.29, 1.82) is 0 Å². The molecule has 228 valence electrons. The van der Waals surface area contributed by atoms with Gasteiger partial charge in [-0.25, -0.2) is 4.79 Å². The zero-order valence-corrected chi connectivity index (χ0v) is 27.0. The standard InChI is InChI=1S/C32H55N3O4S/c1-8-10-12-13-14-16-22-35(30(37)27(20-23-40-7)34-31(38)39-32(4,5)6)28(26-19-17-18-25(3)24-26)29(36)33-21-15-11-9-2/h17-19,24,27-28H,8-16,20-23H2,1-7H3,(H,33,36)(H,34,38). The number of thioether (sulfide) groups is 1. The summed E-state index contributed by atoms with van der Waals surface area (Å²) in [6.07, 6.45) is 11.2. The van der Waals surface area contributed by atoms with E-state index in [0.717, 1.165) is 49.7 Å². The molecule has 0 aliphatic rings. The summed E-state index contributed by atoms with van der Waals surface area (Å²) in [7, 11) is 0. The van der Waals surface area contributed by atoms with E-state index in [1.807, 2.05) is 37.4 Å². The average molecular weight is 578 g/mol. The molecule has 1 aromatic rings. The van der Waals surface area contributed by atoms with Gasteiger partial charge in [0.15, 0.2) is 0 Å². The number of unbranched alkanes of at least 4 members (excludes halogenated alkanes) is 7. The molecule has 7 nitrogen and oxygen atoms in total. The smallest absolute Gasteiger partial charge is 0.408 e. The van der Waals surface area contributed by atoms with Crippen molar-refractivity contribution in [3.8, 4) is 0 Å². The lowest BCUT2D eigenvalue weighted by Crippen LogP contribution is -2.53. The first-order chi connectivity index (χ1) is 19.0. The highest BCUT2D eigenvalue weighted by Crippen LogP contribution is 2.25. The molecular formula is C32H55N3O4S. The molecule has 40 heavy (non-hydrogen) atoms. The van der Waals surface area contributed by atoms with E-state index in [0.29, 0.717) is 25.3 Å². The van der Waals surface area contributed by atoms with E-state index < -0.39 is 23.8 Å². The highest BCUT2D eigenvalue weighted by atomic mass is 32.2. The third-order valence-corrected chi connectivity index (χ3v) is 7.28.